The quantitative estimate of drug-likeness (QED) is 0.407. The highest BCUT2D eigenvalue weighted by atomic mass is 32.1. The molecule has 1 heterocycles. The lowest BCUT2D eigenvalue weighted by Crippen LogP contribution is -2.05. The number of aliphatic carboxylic acids is 1. The van der Waals surface area contributed by atoms with Crippen molar-refractivity contribution in [2.75, 3.05) is 0 Å². The summed E-state index contributed by atoms with van der Waals surface area (Å²) < 4.78 is 5.64. The van der Waals surface area contributed by atoms with Crippen molar-refractivity contribution in [1.82, 2.24) is 4.98 Å². The van der Waals surface area contributed by atoms with E-state index >= 15 is 0 Å². The topological polar surface area (TPSA) is 106 Å². The minimum atomic E-state index is -1.21. The summed E-state index contributed by atoms with van der Waals surface area (Å²) >= 11 is 4.00. The van der Waals surface area contributed by atoms with Gasteiger partial charge in [-0.2, -0.15) is 12.6 Å². The fourth-order valence-electron chi connectivity index (χ4n) is 2.28. The van der Waals surface area contributed by atoms with E-state index in [2.05, 4.69) is 17.6 Å². The molecule has 1 aromatic heterocycles. The monoisotopic (exact) mass is 356 g/mol. The van der Waals surface area contributed by atoms with Gasteiger partial charge in [0.15, 0.2) is 11.0 Å². The van der Waals surface area contributed by atoms with E-state index in [9.17, 15) is 14.9 Å². The Morgan fingerprint density at radius 1 is 1.12 bits per heavy atom. The molecule has 25 heavy (non-hydrogen) atoms. The number of benzene rings is 2. The highest BCUT2D eigenvalue weighted by Gasteiger charge is 2.25. The molecule has 0 aliphatic heterocycles. The largest absolute Gasteiger partial charge is 0.480 e. The maximum absolute atomic E-state index is 11.2. The maximum Gasteiger partial charge on any atom is 0.325 e. The molecule has 7 nitrogen and oxygen atoms in total. The lowest BCUT2D eigenvalue weighted by molar-refractivity contribution is -0.384. The first kappa shape index (κ1) is 16.7. The zero-order valence-electron chi connectivity index (χ0n) is 12.7. The fourth-order valence-corrected chi connectivity index (χ4v) is 2.39. The summed E-state index contributed by atoms with van der Waals surface area (Å²) in [4.78, 5) is 25.7. The number of nitrogens with zero attached hydrogens (tertiary/aromatic N) is 2. The smallest absolute Gasteiger partial charge is 0.325 e. The van der Waals surface area contributed by atoms with Gasteiger partial charge in [-0.25, -0.2) is 4.98 Å². The summed E-state index contributed by atoms with van der Waals surface area (Å²) in [5.41, 5.74) is 1.68. The molecule has 0 saturated carbocycles. The van der Waals surface area contributed by atoms with Gasteiger partial charge in [0.1, 0.15) is 5.69 Å². The van der Waals surface area contributed by atoms with Crippen LogP contribution in [-0.2, 0) is 4.79 Å². The molecule has 0 fully saturated rings. The fraction of sp³-hybridized carbons (Fsp3) is 0.0588. The molecule has 0 saturated heterocycles. The predicted molar refractivity (Wildman–Crippen MR) is 93.4 cm³/mol. The van der Waals surface area contributed by atoms with Gasteiger partial charge in [0.2, 0.25) is 5.89 Å². The second-order valence-electron chi connectivity index (χ2n) is 5.14. The van der Waals surface area contributed by atoms with Crippen LogP contribution in [0.3, 0.4) is 0 Å². The third-order valence-electron chi connectivity index (χ3n) is 3.50. The Morgan fingerprint density at radius 2 is 1.76 bits per heavy atom. The van der Waals surface area contributed by atoms with Gasteiger partial charge in [0.25, 0.3) is 5.69 Å². The first-order valence-corrected chi connectivity index (χ1v) is 7.71. The summed E-state index contributed by atoms with van der Waals surface area (Å²) in [5.74, 6) is -0.904. The third-order valence-corrected chi connectivity index (χ3v) is 3.94. The summed E-state index contributed by atoms with van der Waals surface area (Å²) in [6.45, 7) is 0. The Balaban J connectivity index is 2.13. The number of hydrogen-bond acceptors (Lipinski definition) is 6. The average Bonchev–Trinajstić information content (AvgIpc) is 3.07. The number of carboxylic acids is 1. The molecule has 3 aromatic rings. The van der Waals surface area contributed by atoms with Gasteiger partial charge in [0.05, 0.1) is 4.92 Å². The van der Waals surface area contributed by atoms with Gasteiger partial charge in [-0.05, 0) is 12.1 Å². The third kappa shape index (κ3) is 3.38. The van der Waals surface area contributed by atoms with Crippen molar-refractivity contribution >= 4 is 24.3 Å². The number of hydrogen-bond donors (Lipinski definition) is 2. The van der Waals surface area contributed by atoms with Crippen molar-refractivity contribution in [3.05, 3.63) is 70.6 Å². The van der Waals surface area contributed by atoms with Crippen molar-refractivity contribution < 1.29 is 19.2 Å². The van der Waals surface area contributed by atoms with Gasteiger partial charge in [-0.3, -0.25) is 14.9 Å². The van der Waals surface area contributed by atoms with Crippen LogP contribution in [-0.4, -0.2) is 21.0 Å². The van der Waals surface area contributed by atoms with E-state index in [1.807, 2.05) is 30.3 Å². The standard InChI is InChI=1S/C17H12N2O5S/c20-17(21)15(25)16-18-13(10-4-2-1-3-5-10)14(24-16)11-6-8-12(9-7-11)19(22)23/h1-9,15,25H,(H,20,21). The highest BCUT2D eigenvalue weighted by Crippen LogP contribution is 2.36. The van der Waals surface area contributed by atoms with E-state index in [1.165, 1.54) is 24.3 Å². The van der Waals surface area contributed by atoms with E-state index in [-0.39, 0.29) is 11.6 Å². The van der Waals surface area contributed by atoms with Crippen LogP contribution in [0.1, 0.15) is 11.1 Å². The second-order valence-corrected chi connectivity index (χ2v) is 5.66. The van der Waals surface area contributed by atoms with Crippen LogP contribution in [0.25, 0.3) is 22.6 Å². The van der Waals surface area contributed by atoms with E-state index in [0.717, 1.165) is 5.56 Å². The van der Waals surface area contributed by atoms with Crippen molar-refractivity contribution in [2.45, 2.75) is 5.25 Å². The summed E-state index contributed by atoms with van der Waals surface area (Å²) in [6.07, 6.45) is 0. The Hall–Kier alpha value is -3.13. The number of rotatable bonds is 5. The number of nitro groups is 1. The van der Waals surface area contributed by atoms with Gasteiger partial charge in [0, 0.05) is 23.3 Å². The molecule has 0 aliphatic carbocycles. The van der Waals surface area contributed by atoms with Crippen LogP contribution in [0.5, 0.6) is 0 Å². The first-order chi connectivity index (χ1) is 12.0. The molecule has 0 radical (unpaired) electrons. The molecule has 8 heteroatoms. The minimum absolute atomic E-state index is 0.0527. The number of aromatic nitrogens is 1. The summed E-state index contributed by atoms with van der Waals surface area (Å²) in [7, 11) is 0. The maximum atomic E-state index is 11.2. The Kier molecular flexibility index (Phi) is 4.53. The number of carboxylic acid groups (broad SMARTS) is 1. The van der Waals surface area contributed by atoms with Gasteiger partial charge in [-0.1, -0.05) is 30.3 Å². The molecule has 2 aromatic carbocycles. The molecule has 0 amide bonds. The summed E-state index contributed by atoms with van der Waals surface area (Å²) in [6, 6.07) is 14.9. The molecule has 126 valence electrons. The van der Waals surface area contributed by atoms with E-state index in [4.69, 9.17) is 9.52 Å². The van der Waals surface area contributed by atoms with Crippen LogP contribution in [0.15, 0.2) is 59.0 Å². The van der Waals surface area contributed by atoms with E-state index in [1.54, 1.807) is 0 Å². The average molecular weight is 356 g/mol. The lowest BCUT2D eigenvalue weighted by atomic mass is 10.1. The van der Waals surface area contributed by atoms with Crippen LogP contribution >= 0.6 is 12.6 Å². The van der Waals surface area contributed by atoms with E-state index in [0.29, 0.717) is 17.0 Å². The predicted octanol–water partition coefficient (Wildman–Crippen LogP) is 3.97. The molecule has 1 N–H and O–H groups in total. The molecule has 0 aliphatic rings. The minimum Gasteiger partial charge on any atom is -0.480 e. The number of thiol groups is 1. The number of non-ortho nitro benzene ring substituents is 1. The number of carbonyl (C=O) groups is 1. The first-order valence-electron chi connectivity index (χ1n) is 7.19. The van der Waals surface area contributed by atoms with Crippen molar-refractivity contribution in [3.63, 3.8) is 0 Å². The molecule has 1 unspecified atom stereocenters. The van der Waals surface area contributed by atoms with E-state index < -0.39 is 16.1 Å². The molecular weight excluding hydrogens is 344 g/mol. The van der Waals surface area contributed by atoms with Crippen molar-refractivity contribution in [3.8, 4) is 22.6 Å². The van der Waals surface area contributed by atoms with Crippen LogP contribution in [0.4, 0.5) is 5.69 Å². The zero-order valence-corrected chi connectivity index (χ0v) is 13.6. The zero-order chi connectivity index (χ0) is 18.0. The van der Waals surface area contributed by atoms with Crippen molar-refractivity contribution in [2.24, 2.45) is 0 Å². The van der Waals surface area contributed by atoms with Gasteiger partial charge in [-0.15, -0.1) is 0 Å². The SMILES string of the molecule is O=C(O)C(S)c1nc(-c2ccccc2)c(-c2ccc([N+](=O)[O-])cc2)o1. The summed E-state index contributed by atoms with van der Waals surface area (Å²) in [5, 5.41) is 18.7. The normalized spacial score (nSPS) is 11.9. The number of nitro benzene ring substituents is 1. The Labute approximate surface area is 147 Å². The van der Waals surface area contributed by atoms with Crippen LogP contribution < -0.4 is 0 Å². The second kappa shape index (κ2) is 6.78. The molecule has 0 spiro atoms. The van der Waals surface area contributed by atoms with Gasteiger partial charge >= 0.3 is 5.97 Å². The molecule has 1 atom stereocenters. The van der Waals surface area contributed by atoms with Crippen molar-refractivity contribution in [1.29, 1.82) is 0 Å². The van der Waals surface area contributed by atoms with Gasteiger partial charge < -0.3 is 9.52 Å². The number of oxazole rings is 1. The Morgan fingerprint density at radius 3 is 2.32 bits per heavy atom. The van der Waals surface area contributed by atoms with Crippen LogP contribution in [0.2, 0.25) is 0 Å². The Bertz CT molecular complexity index is 922. The lowest BCUT2D eigenvalue weighted by Gasteiger charge is -2.01. The van der Waals surface area contributed by atoms with Crippen LogP contribution in [0, 0.1) is 10.1 Å². The highest BCUT2D eigenvalue weighted by molar-refractivity contribution is 7.81. The molecular formula is C17H12N2O5S. The molecule has 3 rings (SSSR count). The molecule has 0 bridgehead atoms.